The lowest BCUT2D eigenvalue weighted by atomic mass is 9.97. The van der Waals surface area contributed by atoms with E-state index < -0.39 is 0 Å². The summed E-state index contributed by atoms with van der Waals surface area (Å²) < 4.78 is 16.6. The molecule has 1 aromatic carbocycles. The molecule has 6 nitrogen and oxygen atoms in total. The number of fused-ring (bicyclic) bond motifs is 2. The number of benzene rings is 1. The maximum absolute atomic E-state index is 14.4. The minimum absolute atomic E-state index is 0.231. The molecule has 1 aliphatic carbocycles. The number of hydrogen-bond donors (Lipinski definition) is 2. The van der Waals surface area contributed by atoms with Gasteiger partial charge in [-0.1, -0.05) is 0 Å². The quantitative estimate of drug-likeness (QED) is 0.543. The van der Waals surface area contributed by atoms with E-state index in [-0.39, 0.29) is 5.82 Å². The molecule has 0 bridgehead atoms. The Morgan fingerprint density at radius 1 is 1.07 bits per heavy atom. The summed E-state index contributed by atoms with van der Waals surface area (Å²) in [4.78, 5) is 12.8. The molecule has 7 heteroatoms. The Bertz CT molecular complexity index is 1200. The molecule has 1 aliphatic rings. The molecule has 148 valence electrons. The monoisotopic (exact) mass is 390 g/mol. The van der Waals surface area contributed by atoms with Gasteiger partial charge in [-0.3, -0.25) is 0 Å². The Morgan fingerprint density at radius 3 is 2.86 bits per heavy atom. The van der Waals surface area contributed by atoms with E-state index in [1.807, 2.05) is 12.1 Å². The fourth-order valence-corrected chi connectivity index (χ4v) is 4.62. The van der Waals surface area contributed by atoms with Gasteiger partial charge in [0.15, 0.2) is 0 Å². The highest BCUT2D eigenvalue weighted by atomic mass is 19.1. The first-order chi connectivity index (χ1) is 14.1. The lowest BCUT2D eigenvalue weighted by Crippen LogP contribution is -2.06. The van der Waals surface area contributed by atoms with Crippen molar-refractivity contribution in [2.24, 2.45) is 5.92 Å². The summed E-state index contributed by atoms with van der Waals surface area (Å²) in [5.41, 5.74) is 14.2. The van der Waals surface area contributed by atoms with Crippen LogP contribution in [0.25, 0.3) is 21.9 Å². The smallest absolute Gasteiger partial charge is 0.145 e. The third-order valence-corrected chi connectivity index (χ3v) is 6.13. The van der Waals surface area contributed by atoms with Gasteiger partial charge in [0.1, 0.15) is 29.4 Å². The van der Waals surface area contributed by atoms with Gasteiger partial charge in [-0.05, 0) is 73.9 Å². The van der Waals surface area contributed by atoms with E-state index in [2.05, 4.69) is 25.7 Å². The van der Waals surface area contributed by atoms with Crippen molar-refractivity contribution in [1.82, 2.24) is 19.5 Å². The van der Waals surface area contributed by atoms with Crippen LogP contribution in [0.4, 0.5) is 16.0 Å². The van der Waals surface area contributed by atoms with Crippen molar-refractivity contribution in [1.29, 1.82) is 0 Å². The maximum Gasteiger partial charge on any atom is 0.145 e. The molecule has 0 spiro atoms. The minimum atomic E-state index is -0.231. The van der Waals surface area contributed by atoms with Crippen LogP contribution in [-0.4, -0.2) is 19.5 Å². The molecule has 3 aromatic heterocycles. The average Bonchev–Trinajstić information content (AvgIpc) is 3.33. The van der Waals surface area contributed by atoms with E-state index in [0.717, 1.165) is 48.7 Å². The molecule has 4 N–H and O–H groups in total. The van der Waals surface area contributed by atoms with E-state index in [1.54, 1.807) is 18.2 Å². The molecule has 2 unspecified atom stereocenters. The Labute approximate surface area is 167 Å². The predicted molar refractivity (Wildman–Crippen MR) is 113 cm³/mol. The molecule has 0 saturated heterocycles. The topological polar surface area (TPSA) is 95.6 Å². The minimum Gasteiger partial charge on any atom is -0.384 e. The number of nitrogens with two attached hydrogens (primary N) is 2. The van der Waals surface area contributed by atoms with Crippen LogP contribution in [0.3, 0.4) is 0 Å². The normalized spacial score (nSPS) is 19.3. The standard InChI is InChI=1S/C22H23FN6/c23-18-10-14(11-19-16(18)5-6-20(24)28-19)2-1-13-3-4-15(9-13)29-8-7-17-21(25)26-12-27-22(17)29/h5-8,10-13,15H,1-4,9H2,(H2,24,28)(H2,25,26,27). The molecule has 0 aliphatic heterocycles. The van der Waals surface area contributed by atoms with E-state index in [9.17, 15) is 4.39 Å². The van der Waals surface area contributed by atoms with Gasteiger partial charge in [0.05, 0.1) is 10.9 Å². The number of anilines is 2. The zero-order valence-electron chi connectivity index (χ0n) is 16.1. The van der Waals surface area contributed by atoms with Gasteiger partial charge >= 0.3 is 0 Å². The summed E-state index contributed by atoms with van der Waals surface area (Å²) in [6, 6.07) is 9.32. The van der Waals surface area contributed by atoms with Crippen LogP contribution in [-0.2, 0) is 6.42 Å². The van der Waals surface area contributed by atoms with Crippen molar-refractivity contribution in [2.75, 3.05) is 11.5 Å². The second-order valence-electron chi connectivity index (χ2n) is 7.97. The maximum atomic E-state index is 14.4. The first-order valence-corrected chi connectivity index (χ1v) is 10.00. The van der Waals surface area contributed by atoms with Crippen molar-refractivity contribution in [3.05, 3.63) is 54.2 Å². The molecule has 5 rings (SSSR count). The summed E-state index contributed by atoms with van der Waals surface area (Å²) in [7, 11) is 0. The number of aromatic nitrogens is 4. The van der Waals surface area contributed by atoms with Gasteiger partial charge in [-0.25, -0.2) is 19.3 Å². The van der Waals surface area contributed by atoms with Gasteiger partial charge < -0.3 is 16.0 Å². The lowest BCUT2D eigenvalue weighted by molar-refractivity contribution is 0.461. The SMILES string of the molecule is Nc1ccc2c(F)cc(CCC3CCC(n4ccc5c(N)ncnc54)C3)cc2n1. The highest BCUT2D eigenvalue weighted by Gasteiger charge is 2.27. The first kappa shape index (κ1) is 17.8. The second kappa shape index (κ2) is 6.99. The Kier molecular flexibility index (Phi) is 4.30. The average molecular weight is 390 g/mol. The molecular weight excluding hydrogens is 367 g/mol. The fraction of sp³-hybridized carbons (Fsp3) is 0.318. The second-order valence-corrected chi connectivity index (χ2v) is 7.97. The predicted octanol–water partition coefficient (Wildman–Crippen LogP) is 4.26. The third kappa shape index (κ3) is 3.26. The number of nitrogens with zero attached hydrogens (tertiary/aromatic N) is 4. The van der Waals surface area contributed by atoms with Crippen LogP contribution < -0.4 is 11.5 Å². The van der Waals surface area contributed by atoms with E-state index in [0.29, 0.717) is 34.5 Å². The summed E-state index contributed by atoms with van der Waals surface area (Å²) in [6.45, 7) is 0. The third-order valence-electron chi connectivity index (χ3n) is 6.13. The zero-order valence-corrected chi connectivity index (χ0v) is 16.1. The van der Waals surface area contributed by atoms with Gasteiger partial charge in [0.25, 0.3) is 0 Å². The lowest BCUT2D eigenvalue weighted by Gasteiger charge is -2.14. The Hall–Kier alpha value is -3.22. The van der Waals surface area contributed by atoms with Gasteiger partial charge in [0, 0.05) is 17.6 Å². The number of aryl methyl sites for hydroxylation is 1. The number of rotatable bonds is 4. The summed E-state index contributed by atoms with van der Waals surface area (Å²) in [5, 5.41) is 1.43. The summed E-state index contributed by atoms with van der Waals surface area (Å²) in [5.74, 6) is 1.31. The van der Waals surface area contributed by atoms with E-state index in [4.69, 9.17) is 11.5 Å². The van der Waals surface area contributed by atoms with Crippen LogP contribution in [0.2, 0.25) is 0 Å². The van der Waals surface area contributed by atoms with Crippen molar-refractivity contribution in [3.63, 3.8) is 0 Å². The molecule has 3 heterocycles. The molecule has 0 radical (unpaired) electrons. The van der Waals surface area contributed by atoms with E-state index >= 15 is 0 Å². The largest absolute Gasteiger partial charge is 0.384 e. The van der Waals surface area contributed by atoms with Crippen molar-refractivity contribution in [3.8, 4) is 0 Å². The summed E-state index contributed by atoms with van der Waals surface area (Å²) in [6.07, 6.45) is 8.82. The van der Waals surface area contributed by atoms with Crippen LogP contribution in [0.5, 0.6) is 0 Å². The molecule has 29 heavy (non-hydrogen) atoms. The number of hydrogen-bond acceptors (Lipinski definition) is 5. The van der Waals surface area contributed by atoms with Crippen LogP contribution in [0.15, 0.2) is 42.9 Å². The molecule has 4 aromatic rings. The molecule has 0 amide bonds. The van der Waals surface area contributed by atoms with Gasteiger partial charge in [0.2, 0.25) is 0 Å². The van der Waals surface area contributed by atoms with E-state index in [1.165, 1.54) is 6.33 Å². The molecule has 1 saturated carbocycles. The number of nitrogen functional groups attached to an aromatic ring is 2. The molecule has 1 fully saturated rings. The Morgan fingerprint density at radius 2 is 1.97 bits per heavy atom. The van der Waals surface area contributed by atoms with Crippen LogP contribution >= 0.6 is 0 Å². The number of pyridine rings is 1. The molecular formula is C22H23FN6. The van der Waals surface area contributed by atoms with Gasteiger partial charge in [-0.15, -0.1) is 0 Å². The first-order valence-electron chi connectivity index (χ1n) is 10.00. The van der Waals surface area contributed by atoms with Crippen molar-refractivity contribution >= 4 is 33.6 Å². The Balaban J connectivity index is 1.29. The highest BCUT2D eigenvalue weighted by Crippen LogP contribution is 2.39. The van der Waals surface area contributed by atoms with Crippen LogP contribution in [0, 0.1) is 11.7 Å². The van der Waals surface area contributed by atoms with Crippen molar-refractivity contribution < 1.29 is 4.39 Å². The zero-order chi connectivity index (χ0) is 20.0. The summed E-state index contributed by atoms with van der Waals surface area (Å²) >= 11 is 0. The van der Waals surface area contributed by atoms with Crippen molar-refractivity contribution in [2.45, 2.75) is 38.1 Å². The van der Waals surface area contributed by atoms with Gasteiger partial charge in [-0.2, -0.15) is 0 Å². The number of halogens is 1. The fourth-order valence-electron chi connectivity index (χ4n) is 4.62. The molecule has 2 atom stereocenters. The van der Waals surface area contributed by atoms with Crippen LogP contribution in [0.1, 0.15) is 37.3 Å². The highest BCUT2D eigenvalue weighted by molar-refractivity contribution is 5.86.